The van der Waals surface area contributed by atoms with Crippen molar-refractivity contribution in [2.45, 2.75) is 26.3 Å². The molecule has 2 aromatic carbocycles. The van der Waals surface area contributed by atoms with Crippen molar-refractivity contribution in [3.05, 3.63) is 69.9 Å². The number of benzene rings is 2. The minimum absolute atomic E-state index is 0.210. The average molecular weight is 350 g/mol. The van der Waals surface area contributed by atoms with Gasteiger partial charge >= 0.3 is 0 Å². The fourth-order valence-corrected chi connectivity index (χ4v) is 3.11. The first-order valence-electron chi connectivity index (χ1n) is 7.34. The molecule has 1 nitrogen and oxygen atoms in total. The Labute approximate surface area is 134 Å². The van der Waals surface area contributed by atoms with Crippen LogP contribution < -0.4 is 5.32 Å². The van der Waals surface area contributed by atoms with Gasteiger partial charge in [-0.1, -0.05) is 50.2 Å². The molecule has 0 heterocycles. The van der Waals surface area contributed by atoms with Crippen LogP contribution in [0.1, 0.15) is 31.0 Å². The lowest BCUT2D eigenvalue weighted by Crippen LogP contribution is -2.28. The molecular formula is C18H21BrFN. The molecule has 2 rings (SSSR count). The lowest BCUT2D eigenvalue weighted by molar-refractivity contribution is 0.391. The highest BCUT2D eigenvalue weighted by Gasteiger charge is 2.18. The van der Waals surface area contributed by atoms with Gasteiger partial charge in [-0.2, -0.15) is 0 Å². The molecule has 0 bridgehead atoms. The minimum atomic E-state index is -0.210. The van der Waals surface area contributed by atoms with Crippen LogP contribution in [0.4, 0.5) is 4.39 Å². The van der Waals surface area contributed by atoms with E-state index in [2.05, 4.69) is 59.4 Å². The van der Waals surface area contributed by atoms with E-state index in [0.717, 1.165) is 18.5 Å². The smallest absolute Gasteiger partial charge is 0.137 e. The first-order chi connectivity index (χ1) is 10.1. The predicted octanol–water partition coefficient (Wildman–Crippen LogP) is 5.12. The maximum absolute atomic E-state index is 13.3. The second-order valence-electron chi connectivity index (χ2n) is 5.38. The Morgan fingerprint density at radius 1 is 1.14 bits per heavy atom. The highest BCUT2D eigenvalue weighted by molar-refractivity contribution is 9.10. The summed E-state index contributed by atoms with van der Waals surface area (Å²) in [6.07, 6.45) is 0.908. The zero-order valence-electron chi connectivity index (χ0n) is 12.4. The standard InChI is InChI=1S/C18H21BrFN/c1-3-21-18(15-7-5-4-6-8-15)13(2)11-14-9-10-17(20)16(19)12-14/h4-10,12-13,18,21H,3,11H2,1-2H3. The predicted molar refractivity (Wildman–Crippen MR) is 89.8 cm³/mol. The maximum Gasteiger partial charge on any atom is 0.137 e. The van der Waals surface area contributed by atoms with Crippen LogP contribution in [0.3, 0.4) is 0 Å². The second-order valence-corrected chi connectivity index (χ2v) is 6.23. The molecular weight excluding hydrogens is 329 g/mol. The zero-order valence-corrected chi connectivity index (χ0v) is 14.0. The molecule has 0 aliphatic carbocycles. The molecule has 0 amide bonds. The third-order valence-electron chi connectivity index (χ3n) is 3.69. The summed E-state index contributed by atoms with van der Waals surface area (Å²) in [4.78, 5) is 0. The van der Waals surface area contributed by atoms with Crippen LogP contribution in [-0.2, 0) is 6.42 Å². The Balaban J connectivity index is 2.15. The van der Waals surface area contributed by atoms with Gasteiger partial charge < -0.3 is 5.32 Å². The highest BCUT2D eigenvalue weighted by Crippen LogP contribution is 2.26. The van der Waals surface area contributed by atoms with Crippen molar-refractivity contribution < 1.29 is 4.39 Å². The molecule has 0 saturated carbocycles. The van der Waals surface area contributed by atoms with Gasteiger partial charge in [-0.3, -0.25) is 0 Å². The molecule has 1 N–H and O–H groups in total. The molecule has 2 atom stereocenters. The van der Waals surface area contributed by atoms with E-state index >= 15 is 0 Å². The third kappa shape index (κ3) is 4.39. The van der Waals surface area contributed by atoms with Crippen molar-refractivity contribution in [2.24, 2.45) is 5.92 Å². The second kappa shape index (κ2) is 7.71. The van der Waals surface area contributed by atoms with Crippen molar-refractivity contribution in [1.29, 1.82) is 0 Å². The molecule has 0 aliphatic heterocycles. The molecule has 0 saturated heterocycles. The van der Waals surface area contributed by atoms with Crippen molar-refractivity contribution in [3.63, 3.8) is 0 Å². The lowest BCUT2D eigenvalue weighted by Gasteiger charge is -2.25. The topological polar surface area (TPSA) is 12.0 Å². The van der Waals surface area contributed by atoms with E-state index in [4.69, 9.17) is 0 Å². The summed E-state index contributed by atoms with van der Waals surface area (Å²) >= 11 is 3.26. The SMILES string of the molecule is CCNC(c1ccccc1)C(C)Cc1ccc(F)c(Br)c1. The van der Waals surface area contributed by atoms with Crippen LogP contribution in [0.2, 0.25) is 0 Å². The van der Waals surface area contributed by atoms with Gasteiger partial charge in [0.1, 0.15) is 5.82 Å². The summed E-state index contributed by atoms with van der Waals surface area (Å²) in [5.74, 6) is 0.211. The molecule has 112 valence electrons. The Hall–Kier alpha value is -1.19. The van der Waals surface area contributed by atoms with Gasteiger partial charge in [0.15, 0.2) is 0 Å². The van der Waals surface area contributed by atoms with E-state index in [1.807, 2.05) is 18.2 Å². The number of hydrogen-bond acceptors (Lipinski definition) is 1. The van der Waals surface area contributed by atoms with E-state index in [0.29, 0.717) is 16.4 Å². The normalized spacial score (nSPS) is 13.9. The van der Waals surface area contributed by atoms with Crippen molar-refractivity contribution in [1.82, 2.24) is 5.32 Å². The van der Waals surface area contributed by atoms with Crippen molar-refractivity contribution in [3.8, 4) is 0 Å². The quantitative estimate of drug-likeness (QED) is 0.763. The zero-order chi connectivity index (χ0) is 15.2. The third-order valence-corrected chi connectivity index (χ3v) is 4.30. The largest absolute Gasteiger partial charge is 0.310 e. The van der Waals surface area contributed by atoms with Gasteiger partial charge in [-0.25, -0.2) is 4.39 Å². The lowest BCUT2D eigenvalue weighted by atomic mass is 9.89. The van der Waals surface area contributed by atoms with Gasteiger partial charge in [-0.15, -0.1) is 0 Å². The monoisotopic (exact) mass is 349 g/mol. The Kier molecular flexibility index (Phi) is 5.95. The number of nitrogens with one attached hydrogen (secondary N) is 1. The van der Waals surface area contributed by atoms with Gasteiger partial charge in [0.25, 0.3) is 0 Å². The summed E-state index contributed by atoms with van der Waals surface area (Å²) < 4.78 is 13.9. The molecule has 2 unspecified atom stereocenters. The van der Waals surface area contributed by atoms with E-state index in [-0.39, 0.29) is 5.82 Å². The van der Waals surface area contributed by atoms with E-state index in [9.17, 15) is 4.39 Å². The van der Waals surface area contributed by atoms with Crippen LogP contribution in [0.15, 0.2) is 53.0 Å². The van der Waals surface area contributed by atoms with Crippen LogP contribution >= 0.6 is 15.9 Å². The van der Waals surface area contributed by atoms with E-state index < -0.39 is 0 Å². The molecule has 0 aromatic heterocycles. The van der Waals surface area contributed by atoms with Crippen molar-refractivity contribution in [2.75, 3.05) is 6.54 Å². The number of halogens is 2. The average Bonchev–Trinajstić information content (AvgIpc) is 2.49. The summed E-state index contributed by atoms with van der Waals surface area (Å²) in [6.45, 7) is 5.28. The van der Waals surface area contributed by atoms with E-state index in [1.165, 1.54) is 11.6 Å². The maximum atomic E-state index is 13.3. The summed E-state index contributed by atoms with van der Waals surface area (Å²) in [6, 6.07) is 16.1. The minimum Gasteiger partial charge on any atom is -0.310 e. The molecule has 0 radical (unpaired) electrons. The first-order valence-corrected chi connectivity index (χ1v) is 8.13. The van der Waals surface area contributed by atoms with Gasteiger partial charge in [0, 0.05) is 6.04 Å². The van der Waals surface area contributed by atoms with E-state index in [1.54, 1.807) is 0 Å². The van der Waals surface area contributed by atoms with Gasteiger partial charge in [0.2, 0.25) is 0 Å². The molecule has 21 heavy (non-hydrogen) atoms. The molecule has 3 heteroatoms. The van der Waals surface area contributed by atoms with Gasteiger partial charge in [-0.05, 0) is 58.1 Å². The fourth-order valence-electron chi connectivity index (χ4n) is 2.68. The fraction of sp³-hybridized carbons (Fsp3) is 0.333. The Morgan fingerprint density at radius 3 is 2.48 bits per heavy atom. The van der Waals surface area contributed by atoms with Crippen LogP contribution in [0.5, 0.6) is 0 Å². The molecule has 0 fully saturated rings. The van der Waals surface area contributed by atoms with Crippen LogP contribution in [0, 0.1) is 11.7 Å². The number of rotatable bonds is 6. The molecule has 0 spiro atoms. The first kappa shape index (κ1) is 16.2. The Bertz CT molecular complexity index is 571. The van der Waals surface area contributed by atoms with Gasteiger partial charge in [0.05, 0.1) is 4.47 Å². The van der Waals surface area contributed by atoms with Crippen LogP contribution in [-0.4, -0.2) is 6.54 Å². The van der Waals surface area contributed by atoms with Crippen LogP contribution in [0.25, 0.3) is 0 Å². The summed E-state index contributed by atoms with van der Waals surface area (Å²) in [7, 11) is 0. The molecule has 2 aromatic rings. The van der Waals surface area contributed by atoms with Crippen molar-refractivity contribution >= 4 is 15.9 Å². The Morgan fingerprint density at radius 2 is 1.86 bits per heavy atom. The summed E-state index contributed by atoms with van der Waals surface area (Å²) in [5.41, 5.74) is 2.45. The number of hydrogen-bond donors (Lipinski definition) is 1. The highest BCUT2D eigenvalue weighted by atomic mass is 79.9. The molecule has 0 aliphatic rings. The summed E-state index contributed by atoms with van der Waals surface area (Å²) in [5, 5.41) is 3.56.